The van der Waals surface area contributed by atoms with Crippen LogP contribution in [0.4, 0.5) is 5.69 Å². The number of hydrazine groups is 1. The largest absolute Gasteiger partial charge is 0.343 e. The summed E-state index contributed by atoms with van der Waals surface area (Å²) < 4.78 is 0.807. The van der Waals surface area contributed by atoms with Crippen molar-refractivity contribution in [3.05, 3.63) is 74.2 Å². The second kappa shape index (κ2) is 8.72. The molecule has 0 bridgehead atoms. The van der Waals surface area contributed by atoms with Gasteiger partial charge in [0.25, 0.3) is 23.4 Å². The number of carbonyl (C=O) groups is 3. The number of nitrogens with one attached hydrogen (secondary N) is 3. The van der Waals surface area contributed by atoms with Crippen molar-refractivity contribution in [1.82, 2.24) is 16.2 Å². The van der Waals surface area contributed by atoms with Gasteiger partial charge >= 0.3 is 0 Å². The number of nitrogens with zero attached hydrogens (tertiary/aromatic N) is 1. The number of rotatable bonds is 5. The molecular formula is C16H13BrN4O5. The molecule has 0 saturated carbocycles. The fraction of sp³-hybridized carbons (Fsp3) is 0.0625. The molecule has 3 N–H and O–H groups in total. The average Bonchev–Trinajstić information content (AvgIpc) is 2.64. The first-order chi connectivity index (χ1) is 12.4. The van der Waals surface area contributed by atoms with Crippen LogP contribution in [0.1, 0.15) is 20.7 Å². The lowest BCUT2D eigenvalue weighted by molar-refractivity contribution is -0.384. The first-order valence-corrected chi connectivity index (χ1v) is 8.03. The Balaban J connectivity index is 1.82. The quantitative estimate of drug-likeness (QED) is 0.498. The topological polar surface area (TPSA) is 130 Å². The minimum absolute atomic E-state index is 0.0471. The fourth-order valence-electron chi connectivity index (χ4n) is 1.87. The van der Waals surface area contributed by atoms with Crippen LogP contribution in [0.25, 0.3) is 0 Å². The molecule has 134 valence electrons. The average molecular weight is 421 g/mol. The van der Waals surface area contributed by atoms with Crippen LogP contribution in [-0.2, 0) is 4.79 Å². The Morgan fingerprint density at radius 2 is 1.65 bits per heavy atom. The molecule has 2 rings (SSSR count). The third kappa shape index (κ3) is 5.38. The molecule has 26 heavy (non-hydrogen) atoms. The number of benzene rings is 2. The van der Waals surface area contributed by atoms with Gasteiger partial charge in [0.1, 0.15) is 0 Å². The van der Waals surface area contributed by atoms with Crippen molar-refractivity contribution >= 4 is 39.3 Å². The monoisotopic (exact) mass is 420 g/mol. The molecule has 0 radical (unpaired) electrons. The fourth-order valence-corrected chi connectivity index (χ4v) is 2.13. The molecule has 10 heteroatoms. The summed E-state index contributed by atoms with van der Waals surface area (Å²) in [6, 6.07) is 11.6. The van der Waals surface area contributed by atoms with E-state index in [2.05, 4.69) is 32.1 Å². The molecule has 2 aromatic rings. The summed E-state index contributed by atoms with van der Waals surface area (Å²) in [5.74, 6) is -1.83. The van der Waals surface area contributed by atoms with Gasteiger partial charge in [0.05, 0.1) is 11.5 Å². The van der Waals surface area contributed by atoms with Crippen LogP contribution in [0.2, 0.25) is 0 Å². The molecule has 0 fully saturated rings. The highest BCUT2D eigenvalue weighted by Crippen LogP contribution is 2.12. The smallest absolute Gasteiger partial charge is 0.270 e. The lowest BCUT2D eigenvalue weighted by Crippen LogP contribution is -2.46. The predicted molar refractivity (Wildman–Crippen MR) is 95.2 cm³/mol. The molecule has 2 aromatic carbocycles. The molecule has 0 aromatic heterocycles. The minimum Gasteiger partial charge on any atom is -0.343 e. The summed E-state index contributed by atoms with van der Waals surface area (Å²) in [7, 11) is 0. The molecule has 0 unspecified atom stereocenters. The minimum atomic E-state index is -0.658. The van der Waals surface area contributed by atoms with Gasteiger partial charge in [-0.2, -0.15) is 0 Å². The summed E-state index contributed by atoms with van der Waals surface area (Å²) in [6.45, 7) is -0.415. The Bertz CT molecular complexity index is 854. The van der Waals surface area contributed by atoms with Gasteiger partial charge in [-0.3, -0.25) is 35.3 Å². The molecule has 0 atom stereocenters. The zero-order valence-corrected chi connectivity index (χ0v) is 14.8. The molecule has 0 aliphatic carbocycles. The van der Waals surface area contributed by atoms with E-state index < -0.39 is 29.2 Å². The van der Waals surface area contributed by atoms with E-state index in [1.165, 1.54) is 18.2 Å². The Labute approximate surface area is 156 Å². The standard InChI is InChI=1S/C16H13BrN4O5/c17-12-6-4-10(5-7-12)16(24)20-19-14(22)9-18-15(23)11-2-1-3-13(8-11)21(25)26/h1-8H,9H2,(H,18,23)(H,19,22)(H,20,24). The highest BCUT2D eigenvalue weighted by atomic mass is 79.9. The number of hydrogen-bond acceptors (Lipinski definition) is 5. The van der Waals surface area contributed by atoms with Gasteiger partial charge < -0.3 is 5.32 Å². The second-order valence-electron chi connectivity index (χ2n) is 5.00. The van der Waals surface area contributed by atoms with E-state index in [-0.39, 0.29) is 11.3 Å². The molecule has 0 heterocycles. The van der Waals surface area contributed by atoms with Crippen molar-refractivity contribution in [3.8, 4) is 0 Å². The molecule has 9 nitrogen and oxygen atoms in total. The number of nitro benzene ring substituents is 1. The summed E-state index contributed by atoms with van der Waals surface area (Å²) in [5, 5.41) is 13.0. The number of hydrogen-bond donors (Lipinski definition) is 3. The van der Waals surface area contributed by atoms with Crippen molar-refractivity contribution in [2.45, 2.75) is 0 Å². The molecular weight excluding hydrogens is 408 g/mol. The Hall–Kier alpha value is -3.27. The van der Waals surface area contributed by atoms with Crippen LogP contribution in [0, 0.1) is 10.1 Å². The maximum absolute atomic E-state index is 11.9. The predicted octanol–water partition coefficient (Wildman–Crippen LogP) is 1.55. The van der Waals surface area contributed by atoms with Gasteiger partial charge in [0.2, 0.25) is 0 Å². The first-order valence-electron chi connectivity index (χ1n) is 7.24. The normalized spacial score (nSPS) is 9.88. The molecule has 0 aliphatic heterocycles. The van der Waals surface area contributed by atoms with Crippen LogP contribution in [0.3, 0.4) is 0 Å². The number of nitro groups is 1. The van der Waals surface area contributed by atoms with Crippen molar-refractivity contribution < 1.29 is 19.3 Å². The molecule has 0 aliphatic rings. The summed E-state index contributed by atoms with van der Waals surface area (Å²) in [4.78, 5) is 45.5. The van der Waals surface area contributed by atoms with Crippen LogP contribution in [-0.4, -0.2) is 29.2 Å². The van der Waals surface area contributed by atoms with Gasteiger partial charge in [-0.15, -0.1) is 0 Å². The third-order valence-corrected chi connectivity index (χ3v) is 3.68. The summed E-state index contributed by atoms with van der Waals surface area (Å²) in [5.41, 5.74) is 4.53. The lowest BCUT2D eigenvalue weighted by Gasteiger charge is -2.08. The maximum atomic E-state index is 11.9. The van der Waals surface area contributed by atoms with Crippen LogP contribution in [0.15, 0.2) is 53.0 Å². The molecule has 0 saturated heterocycles. The van der Waals surface area contributed by atoms with E-state index in [1.807, 2.05) is 0 Å². The van der Waals surface area contributed by atoms with Gasteiger partial charge in [-0.25, -0.2) is 0 Å². The van der Waals surface area contributed by atoms with Gasteiger partial charge in [-0.1, -0.05) is 22.0 Å². The van der Waals surface area contributed by atoms with E-state index >= 15 is 0 Å². The highest BCUT2D eigenvalue weighted by molar-refractivity contribution is 9.10. The summed E-state index contributed by atoms with van der Waals surface area (Å²) in [6.07, 6.45) is 0. The van der Waals surface area contributed by atoms with Crippen molar-refractivity contribution in [2.75, 3.05) is 6.54 Å². The van der Waals surface area contributed by atoms with E-state index in [0.29, 0.717) is 5.56 Å². The van der Waals surface area contributed by atoms with Crippen molar-refractivity contribution in [1.29, 1.82) is 0 Å². The number of non-ortho nitro benzene ring substituents is 1. The van der Waals surface area contributed by atoms with Crippen LogP contribution in [0.5, 0.6) is 0 Å². The highest BCUT2D eigenvalue weighted by Gasteiger charge is 2.13. The van der Waals surface area contributed by atoms with E-state index in [9.17, 15) is 24.5 Å². The Morgan fingerprint density at radius 1 is 0.962 bits per heavy atom. The third-order valence-electron chi connectivity index (χ3n) is 3.15. The zero-order valence-electron chi connectivity index (χ0n) is 13.2. The Kier molecular flexibility index (Phi) is 6.39. The van der Waals surface area contributed by atoms with Gasteiger partial charge in [0.15, 0.2) is 0 Å². The van der Waals surface area contributed by atoms with Crippen LogP contribution < -0.4 is 16.2 Å². The Morgan fingerprint density at radius 3 is 2.31 bits per heavy atom. The van der Waals surface area contributed by atoms with E-state index in [1.54, 1.807) is 24.3 Å². The number of carbonyl (C=O) groups excluding carboxylic acids is 3. The lowest BCUT2D eigenvalue weighted by atomic mass is 10.2. The zero-order chi connectivity index (χ0) is 19.1. The molecule has 3 amide bonds. The number of amides is 3. The van der Waals surface area contributed by atoms with Crippen molar-refractivity contribution in [3.63, 3.8) is 0 Å². The first kappa shape index (κ1) is 19.1. The van der Waals surface area contributed by atoms with E-state index in [0.717, 1.165) is 10.5 Å². The SMILES string of the molecule is O=C(CNC(=O)c1cccc([N+](=O)[O-])c1)NNC(=O)c1ccc(Br)cc1. The number of halogens is 1. The molecule has 0 spiro atoms. The van der Waals surface area contributed by atoms with Crippen molar-refractivity contribution in [2.24, 2.45) is 0 Å². The van der Waals surface area contributed by atoms with E-state index in [4.69, 9.17) is 0 Å². The van der Waals surface area contributed by atoms with Gasteiger partial charge in [-0.05, 0) is 30.3 Å². The second-order valence-corrected chi connectivity index (χ2v) is 5.91. The summed E-state index contributed by atoms with van der Waals surface area (Å²) >= 11 is 3.24. The van der Waals surface area contributed by atoms with Crippen LogP contribution >= 0.6 is 15.9 Å². The van der Waals surface area contributed by atoms with Gasteiger partial charge in [0, 0.05) is 27.7 Å². The maximum Gasteiger partial charge on any atom is 0.270 e.